The van der Waals surface area contributed by atoms with Crippen LogP contribution in [0.1, 0.15) is 34.6 Å². The molecule has 10 heteroatoms. The van der Waals surface area contributed by atoms with E-state index in [1.807, 2.05) is 6.07 Å². The van der Waals surface area contributed by atoms with Gasteiger partial charge < -0.3 is 10.1 Å². The SMILES string of the molecule is CCOC(=O)c1c(C(=O)Nc2ccccc2)csc1N=NC1C(=O)NN=C1C. The number of ether oxygens (including phenoxy) is 1. The van der Waals surface area contributed by atoms with Gasteiger partial charge in [-0.3, -0.25) is 9.59 Å². The maximum atomic E-state index is 12.7. The summed E-state index contributed by atoms with van der Waals surface area (Å²) in [5, 5.41) is 16.2. The zero-order valence-electron chi connectivity index (χ0n) is 15.1. The molecular formula is C18H17N5O4S. The topological polar surface area (TPSA) is 122 Å². The lowest BCUT2D eigenvalue weighted by molar-refractivity contribution is -0.120. The third-order valence-corrected chi connectivity index (χ3v) is 4.64. The van der Waals surface area contributed by atoms with Gasteiger partial charge in [-0.15, -0.1) is 16.5 Å². The Morgan fingerprint density at radius 3 is 2.71 bits per heavy atom. The lowest BCUT2D eigenvalue weighted by atomic mass is 10.1. The van der Waals surface area contributed by atoms with E-state index in [2.05, 4.69) is 26.1 Å². The number of benzene rings is 1. The zero-order chi connectivity index (χ0) is 20.1. The van der Waals surface area contributed by atoms with Gasteiger partial charge in [0.15, 0.2) is 11.0 Å². The second-order valence-electron chi connectivity index (χ2n) is 5.72. The summed E-state index contributed by atoms with van der Waals surface area (Å²) in [5.41, 5.74) is 3.50. The van der Waals surface area contributed by atoms with Gasteiger partial charge in [-0.25, -0.2) is 10.2 Å². The molecule has 2 aromatic rings. The summed E-state index contributed by atoms with van der Waals surface area (Å²) in [6.45, 7) is 3.45. The molecular weight excluding hydrogens is 382 g/mol. The van der Waals surface area contributed by atoms with E-state index < -0.39 is 23.8 Å². The van der Waals surface area contributed by atoms with Gasteiger partial charge in [-0.2, -0.15) is 10.2 Å². The second-order valence-corrected chi connectivity index (χ2v) is 6.58. The number of esters is 1. The Labute approximate surface area is 164 Å². The number of anilines is 1. The summed E-state index contributed by atoms with van der Waals surface area (Å²) < 4.78 is 5.07. The first-order valence-corrected chi connectivity index (χ1v) is 9.29. The fourth-order valence-corrected chi connectivity index (χ4v) is 3.27. The molecule has 2 heterocycles. The summed E-state index contributed by atoms with van der Waals surface area (Å²) in [7, 11) is 0. The molecule has 28 heavy (non-hydrogen) atoms. The molecule has 1 aliphatic heterocycles. The van der Waals surface area contributed by atoms with E-state index in [9.17, 15) is 14.4 Å². The molecule has 0 radical (unpaired) electrons. The molecule has 1 atom stereocenters. The number of hydrazone groups is 1. The van der Waals surface area contributed by atoms with Crippen LogP contribution in [0.15, 0.2) is 51.0 Å². The Balaban J connectivity index is 1.91. The van der Waals surface area contributed by atoms with E-state index in [0.29, 0.717) is 11.4 Å². The second kappa shape index (κ2) is 8.53. The number of thiophene rings is 1. The molecule has 144 valence electrons. The van der Waals surface area contributed by atoms with E-state index in [1.165, 1.54) is 5.38 Å². The molecule has 0 bridgehead atoms. The van der Waals surface area contributed by atoms with Gasteiger partial charge in [0, 0.05) is 11.1 Å². The number of azo groups is 1. The molecule has 0 fully saturated rings. The van der Waals surface area contributed by atoms with Crippen LogP contribution < -0.4 is 10.7 Å². The summed E-state index contributed by atoms with van der Waals surface area (Å²) in [5.74, 6) is -1.56. The van der Waals surface area contributed by atoms with E-state index in [4.69, 9.17) is 4.74 Å². The van der Waals surface area contributed by atoms with Crippen LogP contribution in [0.2, 0.25) is 0 Å². The molecule has 1 aromatic heterocycles. The van der Waals surface area contributed by atoms with Gasteiger partial charge in [-0.1, -0.05) is 18.2 Å². The third kappa shape index (κ3) is 4.12. The fraction of sp³-hybridized carbons (Fsp3) is 0.222. The van der Waals surface area contributed by atoms with Crippen molar-refractivity contribution < 1.29 is 19.1 Å². The van der Waals surface area contributed by atoms with E-state index in [-0.39, 0.29) is 22.7 Å². The lowest BCUT2D eigenvalue weighted by Crippen LogP contribution is -2.25. The molecule has 1 aromatic carbocycles. The van der Waals surface area contributed by atoms with Crippen molar-refractivity contribution in [2.75, 3.05) is 11.9 Å². The lowest BCUT2D eigenvalue weighted by Gasteiger charge is -2.07. The number of rotatable bonds is 6. The van der Waals surface area contributed by atoms with Crippen molar-refractivity contribution in [1.29, 1.82) is 0 Å². The molecule has 1 aliphatic rings. The van der Waals surface area contributed by atoms with Crippen molar-refractivity contribution in [3.63, 3.8) is 0 Å². The Hall–Kier alpha value is -3.40. The molecule has 0 saturated carbocycles. The van der Waals surface area contributed by atoms with Crippen LogP contribution >= 0.6 is 11.3 Å². The van der Waals surface area contributed by atoms with Gasteiger partial charge >= 0.3 is 5.97 Å². The minimum absolute atomic E-state index is 0.0111. The quantitative estimate of drug-likeness (QED) is 0.572. The molecule has 0 saturated heterocycles. The fourth-order valence-electron chi connectivity index (χ4n) is 2.41. The standard InChI is InChI=1S/C18H17N5O4S/c1-3-27-18(26)13-12(15(24)19-11-7-5-4-6-8-11)9-28-17(13)23-21-14-10(2)20-22-16(14)25/h4-9,14H,3H2,1-2H3,(H,19,24)(H,22,25). The van der Waals surface area contributed by atoms with Crippen LogP contribution in [0.5, 0.6) is 0 Å². The number of para-hydroxylation sites is 1. The molecule has 2 N–H and O–H groups in total. The van der Waals surface area contributed by atoms with E-state index in [1.54, 1.807) is 38.1 Å². The molecule has 0 aliphatic carbocycles. The number of nitrogens with one attached hydrogen (secondary N) is 2. The molecule has 2 amide bonds. The number of carbonyl (C=O) groups is 3. The molecule has 0 spiro atoms. The van der Waals surface area contributed by atoms with Crippen LogP contribution in [-0.2, 0) is 9.53 Å². The predicted octanol–water partition coefficient (Wildman–Crippen LogP) is 3.14. The highest BCUT2D eigenvalue weighted by atomic mass is 32.1. The maximum absolute atomic E-state index is 12.7. The summed E-state index contributed by atoms with van der Waals surface area (Å²) >= 11 is 1.06. The van der Waals surface area contributed by atoms with Gasteiger partial charge in [0.1, 0.15) is 5.56 Å². The molecule has 1 unspecified atom stereocenters. The van der Waals surface area contributed by atoms with Gasteiger partial charge in [0.05, 0.1) is 17.9 Å². The Bertz CT molecular complexity index is 968. The van der Waals surface area contributed by atoms with Crippen molar-refractivity contribution in [3.8, 4) is 0 Å². The monoisotopic (exact) mass is 399 g/mol. The number of hydrogen-bond acceptors (Lipinski definition) is 8. The predicted molar refractivity (Wildman–Crippen MR) is 104 cm³/mol. The number of carbonyl (C=O) groups excluding carboxylic acids is 3. The highest BCUT2D eigenvalue weighted by Crippen LogP contribution is 2.33. The smallest absolute Gasteiger partial charge is 0.342 e. The van der Waals surface area contributed by atoms with Gasteiger partial charge in [0.2, 0.25) is 0 Å². The van der Waals surface area contributed by atoms with Crippen LogP contribution in [0.25, 0.3) is 0 Å². The van der Waals surface area contributed by atoms with Gasteiger partial charge in [-0.05, 0) is 26.0 Å². The normalized spacial score (nSPS) is 16.0. The van der Waals surface area contributed by atoms with Crippen LogP contribution in [0.3, 0.4) is 0 Å². The van der Waals surface area contributed by atoms with Crippen molar-refractivity contribution in [3.05, 3.63) is 46.8 Å². The average molecular weight is 399 g/mol. The average Bonchev–Trinajstić information content (AvgIpc) is 3.24. The van der Waals surface area contributed by atoms with Crippen molar-refractivity contribution in [2.24, 2.45) is 15.3 Å². The highest BCUT2D eigenvalue weighted by Gasteiger charge is 2.28. The van der Waals surface area contributed by atoms with Crippen LogP contribution in [0.4, 0.5) is 10.7 Å². The third-order valence-electron chi connectivity index (χ3n) is 3.78. The highest BCUT2D eigenvalue weighted by molar-refractivity contribution is 7.14. The first-order valence-electron chi connectivity index (χ1n) is 8.41. The number of hydrogen-bond donors (Lipinski definition) is 2. The molecule has 9 nitrogen and oxygen atoms in total. The Morgan fingerprint density at radius 1 is 1.32 bits per heavy atom. The van der Waals surface area contributed by atoms with E-state index >= 15 is 0 Å². The summed E-state index contributed by atoms with van der Waals surface area (Å²) in [4.78, 5) is 36.8. The first kappa shape index (κ1) is 19.4. The number of nitrogens with zero attached hydrogens (tertiary/aromatic N) is 3. The Morgan fingerprint density at radius 2 is 2.07 bits per heavy atom. The summed E-state index contributed by atoms with van der Waals surface area (Å²) in [6, 6.07) is 7.99. The minimum atomic E-state index is -0.862. The van der Waals surface area contributed by atoms with Crippen LogP contribution in [0, 0.1) is 0 Å². The largest absolute Gasteiger partial charge is 0.462 e. The zero-order valence-corrected chi connectivity index (χ0v) is 15.9. The first-order chi connectivity index (χ1) is 13.5. The summed E-state index contributed by atoms with van der Waals surface area (Å²) in [6.07, 6.45) is 0. The maximum Gasteiger partial charge on any atom is 0.342 e. The van der Waals surface area contributed by atoms with Crippen molar-refractivity contribution >= 4 is 45.5 Å². The Kier molecular flexibility index (Phi) is 5.90. The van der Waals surface area contributed by atoms with Crippen molar-refractivity contribution in [2.45, 2.75) is 19.9 Å². The van der Waals surface area contributed by atoms with Crippen LogP contribution in [-0.4, -0.2) is 36.1 Å². The number of amides is 2. The molecule has 3 rings (SSSR count). The van der Waals surface area contributed by atoms with Crippen molar-refractivity contribution in [1.82, 2.24) is 5.43 Å². The minimum Gasteiger partial charge on any atom is -0.462 e. The van der Waals surface area contributed by atoms with Gasteiger partial charge in [0.25, 0.3) is 11.8 Å². The van der Waals surface area contributed by atoms with E-state index in [0.717, 1.165) is 11.3 Å².